The van der Waals surface area contributed by atoms with Crippen LogP contribution in [0.25, 0.3) is 16.3 Å². The van der Waals surface area contributed by atoms with Crippen molar-refractivity contribution in [2.24, 2.45) is 0 Å². The fourth-order valence-corrected chi connectivity index (χ4v) is 4.26. The van der Waals surface area contributed by atoms with Crippen LogP contribution in [0.2, 0.25) is 0 Å². The number of likely N-dealkylation sites (N-methyl/N-ethyl adjacent to an activating group) is 1. The number of allylic oxidation sites excluding steroid dienone is 1. The summed E-state index contributed by atoms with van der Waals surface area (Å²) in [6, 6.07) is 8.32. The normalized spacial score (nSPS) is 21.6. The van der Waals surface area contributed by atoms with Crippen molar-refractivity contribution in [2.45, 2.75) is 18.9 Å². The number of benzene rings is 2. The van der Waals surface area contributed by atoms with Crippen LogP contribution in [0.3, 0.4) is 0 Å². The van der Waals surface area contributed by atoms with E-state index < -0.39 is 0 Å². The van der Waals surface area contributed by atoms with Gasteiger partial charge in [-0.05, 0) is 35.9 Å². The van der Waals surface area contributed by atoms with Gasteiger partial charge in [-0.2, -0.15) is 0 Å². The van der Waals surface area contributed by atoms with Crippen LogP contribution in [0.5, 0.6) is 11.5 Å². The van der Waals surface area contributed by atoms with Crippen molar-refractivity contribution in [2.75, 3.05) is 32.4 Å². The Hall–Kier alpha value is -2.53. The molecule has 5 heteroatoms. The fraction of sp³-hybridized carbons (Fsp3) is 0.350. The van der Waals surface area contributed by atoms with Crippen molar-refractivity contribution in [1.29, 1.82) is 0 Å². The van der Waals surface area contributed by atoms with Gasteiger partial charge in [0, 0.05) is 37.2 Å². The predicted molar refractivity (Wildman–Crippen MR) is 95.3 cm³/mol. The lowest BCUT2D eigenvalue weighted by molar-refractivity contribution is -0.125. The summed E-state index contributed by atoms with van der Waals surface area (Å²) in [5.74, 6) is 1.71. The van der Waals surface area contributed by atoms with Crippen LogP contribution in [0.1, 0.15) is 18.4 Å². The zero-order chi connectivity index (χ0) is 17.1. The Labute approximate surface area is 145 Å². The molecule has 0 N–H and O–H groups in total. The first-order valence-corrected chi connectivity index (χ1v) is 8.54. The number of ether oxygens (including phenoxy) is 3. The van der Waals surface area contributed by atoms with Crippen molar-refractivity contribution < 1.29 is 19.0 Å². The van der Waals surface area contributed by atoms with Gasteiger partial charge in [0.15, 0.2) is 17.3 Å². The third-order valence-corrected chi connectivity index (χ3v) is 5.48. The molecule has 0 saturated heterocycles. The van der Waals surface area contributed by atoms with Gasteiger partial charge in [0.25, 0.3) is 0 Å². The quantitative estimate of drug-likeness (QED) is 0.800. The molecule has 0 unspecified atom stereocenters. The molecule has 0 radical (unpaired) electrons. The zero-order valence-electron chi connectivity index (χ0n) is 14.3. The largest absolute Gasteiger partial charge is 0.454 e. The number of anilines is 1. The molecule has 2 aromatic carbocycles. The number of rotatable bonds is 1. The number of Topliss-reactive ketones (excluding diaryl/α,β-unsaturated/α-hetero) is 1. The van der Waals surface area contributed by atoms with E-state index in [0.717, 1.165) is 46.2 Å². The number of carbonyl (C=O) groups is 1. The van der Waals surface area contributed by atoms with Crippen LogP contribution in [-0.4, -0.2) is 39.4 Å². The van der Waals surface area contributed by atoms with E-state index in [-0.39, 0.29) is 18.7 Å². The molecule has 2 aliphatic heterocycles. The monoisotopic (exact) mass is 337 g/mol. The lowest BCUT2D eigenvalue weighted by atomic mass is 9.80. The molecule has 5 rings (SSSR count). The van der Waals surface area contributed by atoms with Crippen LogP contribution in [0.4, 0.5) is 5.69 Å². The summed E-state index contributed by atoms with van der Waals surface area (Å²) in [7, 11) is 3.65. The maximum absolute atomic E-state index is 12.7. The van der Waals surface area contributed by atoms with Gasteiger partial charge >= 0.3 is 0 Å². The Morgan fingerprint density at radius 1 is 1.16 bits per heavy atom. The van der Waals surface area contributed by atoms with E-state index in [0.29, 0.717) is 6.54 Å². The molecule has 25 heavy (non-hydrogen) atoms. The highest BCUT2D eigenvalue weighted by Gasteiger charge is 2.35. The first kappa shape index (κ1) is 14.8. The third kappa shape index (κ3) is 2.02. The van der Waals surface area contributed by atoms with Crippen LogP contribution in [-0.2, 0) is 9.53 Å². The SMILES string of the molecule is CO[C@H]1CCC2=C(CN(C)c3c2ccc2cc4c(cc32)OCO4)C1=O. The van der Waals surface area contributed by atoms with E-state index in [1.165, 1.54) is 11.3 Å². The molecule has 2 aromatic rings. The van der Waals surface area contributed by atoms with Crippen LogP contribution in [0.15, 0.2) is 29.8 Å². The van der Waals surface area contributed by atoms with Crippen LogP contribution in [0, 0.1) is 0 Å². The number of carbonyl (C=O) groups excluding carboxylic acids is 1. The number of ketones is 1. The average molecular weight is 337 g/mol. The van der Waals surface area contributed by atoms with E-state index >= 15 is 0 Å². The van der Waals surface area contributed by atoms with Crippen molar-refractivity contribution >= 4 is 27.8 Å². The number of hydrogen-bond acceptors (Lipinski definition) is 5. The smallest absolute Gasteiger partial charge is 0.231 e. The highest BCUT2D eigenvalue weighted by molar-refractivity contribution is 6.12. The van der Waals surface area contributed by atoms with Gasteiger partial charge in [-0.15, -0.1) is 0 Å². The predicted octanol–water partition coefficient (Wildman–Crippen LogP) is 3.15. The number of methoxy groups -OCH3 is 1. The second kappa shape index (κ2) is 5.23. The molecular formula is C20H19NO4. The molecule has 0 fully saturated rings. The summed E-state index contributed by atoms with van der Waals surface area (Å²) in [5.41, 5.74) is 4.38. The Morgan fingerprint density at radius 2 is 1.96 bits per heavy atom. The van der Waals surface area contributed by atoms with Gasteiger partial charge in [-0.1, -0.05) is 12.1 Å². The maximum atomic E-state index is 12.7. The number of nitrogens with zero attached hydrogens (tertiary/aromatic N) is 1. The minimum Gasteiger partial charge on any atom is -0.454 e. The molecular weight excluding hydrogens is 318 g/mol. The minimum atomic E-state index is -0.303. The summed E-state index contributed by atoms with van der Waals surface area (Å²) in [6.45, 7) is 0.889. The Bertz CT molecular complexity index is 946. The molecule has 0 aromatic heterocycles. The van der Waals surface area contributed by atoms with E-state index in [4.69, 9.17) is 14.2 Å². The Balaban J connectivity index is 1.74. The van der Waals surface area contributed by atoms with Crippen molar-refractivity contribution in [3.63, 3.8) is 0 Å². The van der Waals surface area contributed by atoms with Gasteiger partial charge in [-0.3, -0.25) is 4.79 Å². The average Bonchev–Trinajstić information content (AvgIpc) is 3.07. The molecule has 0 spiro atoms. The van der Waals surface area contributed by atoms with Crippen molar-refractivity contribution in [3.8, 4) is 11.5 Å². The van der Waals surface area contributed by atoms with Crippen LogP contribution >= 0.6 is 0 Å². The fourth-order valence-electron chi connectivity index (χ4n) is 4.26. The highest BCUT2D eigenvalue weighted by atomic mass is 16.7. The summed E-state index contributed by atoms with van der Waals surface area (Å²) in [4.78, 5) is 14.9. The Morgan fingerprint density at radius 3 is 2.76 bits per heavy atom. The molecule has 5 nitrogen and oxygen atoms in total. The van der Waals surface area contributed by atoms with Crippen molar-refractivity contribution in [1.82, 2.24) is 0 Å². The first-order valence-electron chi connectivity index (χ1n) is 8.54. The molecule has 1 atom stereocenters. The van der Waals surface area contributed by atoms with E-state index in [1.807, 2.05) is 13.1 Å². The number of hydrogen-bond donors (Lipinski definition) is 0. The molecule has 2 heterocycles. The lowest BCUT2D eigenvalue weighted by Gasteiger charge is -2.36. The van der Waals surface area contributed by atoms with Gasteiger partial charge in [-0.25, -0.2) is 0 Å². The molecule has 0 amide bonds. The van der Waals surface area contributed by atoms with Crippen molar-refractivity contribution in [3.05, 3.63) is 35.4 Å². The Kier molecular flexibility index (Phi) is 3.09. The minimum absolute atomic E-state index is 0.132. The van der Waals surface area contributed by atoms with E-state index in [9.17, 15) is 4.79 Å². The van der Waals surface area contributed by atoms with Gasteiger partial charge in [0.2, 0.25) is 6.79 Å². The summed E-state index contributed by atoms with van der Waals surface area (Å²) >= 11 is 0. The third-order valence-electron chi connectivity index (χ3n) is 5.48. The topological polar surface area (TPSA) is 48.0 Å². The van der Waals surface area contributed by atoms with E-state index in [2.05, 4.69) is 23.1 Å². The van der Waals surface area contributed by atoms with Gasteiger partial charge < -0.3 is 19.1 Å². The second-order valence-corrected chi connectivity index (χ2v) is 6.83. The molecule has 1 aliphatic carbocycles. The summed E-state index contributed by atoms with van der Waals surface area (Å²) in [5, 5.41) is 2.26. The van der Waals surface area contributed by atoms with Gasteiger partial charge in [0.1, 0.15) is 6.10 Å². The molecule has 128 valence electrons. The zero-order valence-corrected chi connectivity index (χ0v) is 14.3. The van der Waals surface area contributed by atoms with Gasteiger partial charge in [0.05, 0.1) is 5.69 Å². The summed E-state index contributed by atoms with van der Waals surface area (Å²) in [6.07, 6.45) is 1.32. The maximum Gasteiger partial charge on any atom is 0.231 e. The molecule has 3 aliphatic rings. The first-order chi connectivity index (χ1) is 12.2. The standard InChI is InChI=1S/C20H19NO4/c1-21-9-15-12(5-6-16(23-2)20(15)22)13-4-3-11-7-17-18(25-10-24-17)8-14(11)19(13)21/h3-4,7-8,16H,5-6,9-10H2,1-2H3/t16-/m0/s1. The second-order valence-electron chi connectivity index (χ2n) is 6.83. The molecule has 0 saturated carbocycles. The number of fused-ring (bicyclic) bond motifs is 5. The lowest BCUT2D eigenvalue weighted by Crippen LogP contribution is -2.37. The summed E-state index contributed by atoms with van der Waals surface area (Å²) < 4.78 is 16.4. The highest BCUT2D eigenvalue weighted by Crippen LogP contribution is 2.46. The molecule has 0 bridgehead atoms. The van der Waals surface area contributed by atoms with Crippen LogP contribution < -0.4 is 14.4 Å². The van der Waals surface area contributed by atoms with E-state index in [1.54, 1.807) is 7.11 Å².